The first-order valence-electron chi connectivity index (χ1n) is 7.03. The summed E-state index contributed by atoms with van der Waals surface area (Å²) in [6, 6.07) is 1.93. The molecule has 2 aromatic rings. The van der Waals surface area contributed by atoms with Gasteiger partial charge in [-0.1, -0.05) is 5.16 Å². The molecule has 0 spiro atoms. The summed E-state index contributed by atoms with van der Waals surface area (Å²) in [5, 5.41) is 10.5. The minimum absolute atomic E-state index is 0.399. The molecule has 2 N–H and O–H groups in total. The molecule has 1 unspecified atom stereocenters. The summed E-state index contributed by atoms with van der Waals surface area (Å²) in [6.07, 6.45) is 2.92. The van der Waals surface area contributed by atoms with Crippen molar-refractivity contribution < 1.29 is 4.52 Å². The maximum atomic E-state index is 5.38. The Kier molecular flexibility index (Phi) is 3.64. The Bertz CT molecular complexity index is 589. The predicted molar refractivity (Wildman–Crippen MR) is 76.7 cm³/mol. The van der Waals surface area contributed by atoms with Crippen molar-refractivity contribution in [1.82, 2.24) is 20.4 Å². The highest BCUT2D eigenvalue weighted by molar-refractivity contribution is 5.61. The van der Waals surface area contributed by atoms with Crippen LogP contribution in [0.3, 0.4) is 0 Å². The van der Waals surface area contributed by atoms with E-state index in [-0.39, 0.29) is 0 Å². The lowest BCUT2D eigenvalue weighted by molar-refractivity contribution is 0.426. The molecule has 3 rings (SSSR count). The normalized spacial score (nSPS) is 18.4. The van der Waals surface area contributed by atoms with Gasteiger partial charge in [0.15, 0.2) is 5.76 Å². The first kappa shape index (κ1) is 13.1. The quantitative estimate of drug-likeness (QED) is 0.886. The Labute approximate surface area is 118 Å². The summed E-state index contributed by atoms with van der Waals surface area (Å²) in [7, 11) is 0. The summed E-state index contributed by atoms with van der Waals surface area (Å²) >= 11 is 0. The van der Waals surface area contributed by atoms with Gasteiger partial charge in [0, 0.05) is 31.3 Å². The molecule has 0 radical (unpaired) electrons. The van der Waals surface area contributed by atoms with E-state index < -0.39 is 0 Å². The molecule has 0 amide bonds. The van der Waals surface area contributed by atoms with Crippen LogP contribution in [-0.4, -0.2) is 34.8 Å². The fourth-order valence-corrected chi connectivity index (χ4v) is 2.52. The van der Waals surface area contributed by atoms with Crippen molar-refractivity contribution in [2.24, 2.45) is 0 Å². The molecule has 0 saturated carbocycles. The predicted octanol–water partition coefficient (Wildman–Crippen LogP) is 1.95. The third-order valence-electron chi connectivity index (χ3n) is 3.49. The average Bonchev–Trinajstić information content (AvgIpc) is 3.10. The van der Waals surface area contributed by atoms with Crippen LogP contribution in [0.2, 0.25) is 0 Å². The fraction of sp³-hybridized carbons (Fsp3) is 0.500. The molecule has 3 heterocycles. The van der Waals surface area contributed by atoms with E-state index in [1.54, 1.807) is 0 Å². The summed E-state index contributed by atoms with van der Waals surface area (Å²) in [5.74, 6) is 1.82. The van der Waals surface area contributed by atoms with Gasteiger partial charge < -0.3 is 15.2 Å². The zero-order valence-corrected chi connectivity index (χ0v) is 11.8. The molecule has 0 aliphatic carbocycles. The zero-order valence-electron chi connectivity index (χ0n) is 11.8. The lowest BCUT2D eigenvalue weighted by Crippen LogP contribution is -2.12. The van der Waals surface area contributed by atoms with Crippen molar-refractivity contribution in [2.45, 2.75) is 26.2 Å². The van der Waals surface area contributed by atoms with E-state index in [4.69, 9.17) is 4.52 Å². The third kappa shape index (κ3) is 2.51. The first-order valence-corrected chi connectivity index (χ1v) is 7.03. The van der Waals surface area contributed by atoms with Crippen LogP contribution in [0.15, 0.2) is 16.8 Å². The van der Waals surface area contributed by atoms with Crippen molar-refractivity contribution in [3.8, 4) is 11.3 Å². The largest absolute Gasteiger partial charge is 0.356 e. The van der Waals surface area contributed by atoms with Crippen molar-refractivity contribution in [3.05, 3.63) is 23.7 Å². The van der Waals surface area contributed by atoms with E-state index >= 15 is 0 Å². The van der Waals surface area contributed by atoms with Gasteiger partial charge in [0.2, 0.25) is 5.95 Å². The Balaban J connectivity index is 2.03. The first-order chi connectivity index (χ1) is 9.78. The average molecular weight is 273 g/mol. The molecule has 1 aliphatic rings. The van der Waals surface area contributed by atoms with Crippen LogP contribution >= 0.6 is 0 Å². The molecule has 1 fully saturated rings. The van der Waals surface area contributed by atoms with Crippen LogP contribution in [-0.2, 0) is 0 Å². The highest BCUT2D eigenvalue weighted by atomic mass is 16.5. The van der Waals surface area contributed by atoms with Crippen LogP contribution in [0, 0.1) is 6.92 Å². The van der Waals surface area contributed by atoms with Gasteiger partial charge in [-0.15, -0.1) is 0 Å². The standard InChI is InChI=1S/C14H19N5O/c1-3-16-14-17-8-11(12-6-9(2)19-20-12)13(18-14)10-4-5-15-7-10/h6,8,10,15H,3-5,7H2,1-2H3,(H,16,17,18). The second-order valence-electron chi connectivity index (χ2n) is 5.05. The van der Waals surface area contributed by atoms with E-state index in [1.807, 2.05) is 26.1 Å². The monoisotopic (exact) mass is 273 g/mol. The summed E-state index contributed by atoms with van der Waals surface area (Å²) in [6.45, 7) is 6.73. The third-order valence-corrected chi connectivity index (χ3v) is 3.49. The molecule has 0 aromatic carbocycles. The smallest absolute Gasteiger partial charge is 0.222 e. The molecule has 2 aromatic heterocycles. The van der Waals surface area contributed by atoms with Gasteiger partial charge in [0.05, 0.1) is 17.0 Å². The molecule has 1 aliphatic heterocycles. The van der Waals surface area contributed by atoms with E-state index in [0.717, 1.165) is 48.8 Å². The number of anilines is 1. The molecule has 1 saturated heterocycles. The molecule has 6 nitrogen and oxygen atoms in total. The zero-order chi connectivity index (χ0) is 13.9. The molecular weight excluding hydrogens is 254 g/mol. The lowest BCUT2D eigenvalue weighted by atomic mass is 9.99. The summed E-state index contributed by atoms with van der Waals surface area (Å²) < 4.78 is 5.38. The van der Waals surface area contributed by atoms with Crippen LogP contribution in [0.5, 0.6) is 0 Å². The highest BCUT2D eigenvalue weighted by Crippen LogP contribution is 2.31. The molecule has 20 heavy (non-hydrogen) atoms. The molecular formula is C14H19N5O. The highest BCUT2D eigenvalue weighted by Gasteiger charge is 2.24. The second kappa shape index (κ2) is 5.58. The van der Waals surface area contributed by atoms with Gasteiger partial charge in [-0.25, -0.2) is 9.97 Å². The van der Waals surface area contributed by atoms with Gasteiger partial charge in [0.1, 0.15) is 0 Å². The van der Waals surface area contributed by atoms with Crippen molar-refractivity contribution in [2.75, 3.05) is 25.0 Å². The maximum absolute atomic E-state index is 5.38. The topological polar surface area (TPSA) is 75.9 Å². The Morgan fingerprint density at radius 1 is 1.50 bits per heavy atom. The number of aryl methyl sites for hydroxylation is 1. The fourth-order valence-electron chi connectivity index (χ4n) is 2.52. The van der Waals surface area contributed by atoms with Gasteiger partial charge >= 0.3 is 0 Å². The van der Waals surface area contributed by atoms with Crippen molar-refractivity contribution in [1.29, 1.82) is 0 Å². The molecule has 1 atom stereocenters. The number of nitrogens with one attached hydrogen (secondary N) is 2. The van der Waals surface area contributed by atoms with E-state index in [9.17, 15) is 0 Å². The molecule has 0 bridgehead atoms. The number of nitrogens with zero attached hydrogens (tertiary/aromatic N) is 3. The number of aromatic nitrogens is 3. The van der Waals surface area contributed by atoms with E-state index in [1.165, 1.54) is 0 Å². The number of hydrogen-bond acceptors (Lipinski definition) is 6. The van der Waals surface area contributed by atoms with E-state index in [0.29, 0.717) is 11.9 Å². The van der Waals surface area contributed by atoms with E-state index in [2.05, 4.69) is 25.8 Å². The van der Waals surface area contributed by atoms with Crippen LogP contribution in [0.1, 0.15) is 30.7 Å². The lowest BCUT2D eigenvalue weighted by Gasteiger charge is -2.13. The minimum atomic E-state index is 0.399. The van der Waals surface area contributed by atoms with Gasteiger partial charge in [-0.05, 0) is 26.8 Å². The van der Waals surface area contributed by atoms with Crippen molar-refractivity contribution >= 4 is 5.95 Å². The molecule has 6 heteroatoms. The number of hydrogen-bond donors (Lipinski definition) is 2. The van der Waals surface area contributed by atoms with Crippen molar-refractivity contribution in [3.63, 3.8) is 0 Å². The maximum Gasteiger partial charge on any atom is 0.222 e. The van der Waals surface area contributed by atoms with Crippen LogP contribution in [0.25, 0.3) is 11.3 Å². The van der Waals surface area contributed by atoms with Gasteiger partial charge in [0.25, 0.3) is 0 Å². The van der Waals surface area contributed by atoms with Crippen LogP contribution < -0.4 is 10.6 Å². The summed E-state index contributed by atoms with van der Waals surface area (Å²) in [5.41, 5.74) is 2.85. The van der Waals surface area contributed by atoms with Gasteiger partial charge in [-0.2, -0.15) is 0 Å². The Morgan fingerprint density at radius 2 is 2.40 bits per heavy atom. The number of rotatable bonds is 4. The Morgan fingerprint density at radius 3 is 3.05 bits per heavy atom. The SMILES string of the molecule is CCNc1ncc(-c2cc(C)no2)c(C2CCNC2)n1. The second-order valence-corrected chi connectivity index (χ2v) is 5.05. The van der Waals surface area contributed by atoms with Gasteiger partial charge in [-0.3, -0.25) is 0 Å². The van der Waals surface area contributed by atoms with Crippen LogP contribution in [0.4, 0.5) is 5.95 Å². The Hall–Kier alpha value is -1.95. The minimum Gasteiger partial charge on any atom is -0.356 e. The molecule has 106 valence electrons. The summed E-state index contributed by atoms with van der Waals surface area (Å²) in [4.78, 5) is 9.04.